The summed E-state index contributed by atoms with van der Waals surface area (Å²) < 4.78 is 0. The second-order valence-corrected chi connectivity index (χ2v) is 0.519. The molecule has 0 atom stereocenters. The summed E-state index contributed by atoms with van der Waals surface area (Å²) in [7, 11) is 0. The molecule has 0 aromatic carbocycles. The van der Waals surface area contributed by atoms with Crippen LogP contribution >= 0.6 is 0 Å². The van der Waals surface area contributed by atoms with E-state index in [4.69, 9.17) is 9.90 Å². The minimum Gasteiger partial charge on any atom is -0.481 e. The van der Waals surface area contributed by atoms with E-state index in [1.807, 2.05) is 0 Å². The summed E-state index contributed by atoms with van der Waals surface area (Å²) in [6.45, 7) is 1.08. The van der Waals surface area contributed by atoms with Crippen LogP contribution in [0.4, 0.5) is 0 Å². The first kappa shape index (κ1) is 15.7. The minimum atomic E-state index is -0.833. The van der Waals surface area contributed by atoms with Gasteiger partial charge in [0.15, 0.2) is 0 Å². The molecule has 0 aromatic rings. The van der Waals surface area contributed by atoms with Crippen molar-refractivity contribution in [1.82, 2.24) is 0 Å². The fourth-order valence-electron chi connectivity index (χ4n) is 0. The molecular formula is C2H6MgO2Zr. The first-order valence-corrected chi connectivity index (χ1v) is 0.928. The molecule has 0 bridgehead atoms. The molecule has 0 unspecified atom stereocenters. The Kier molecular flexibility index (Phi) is 24.7. The van der Waals surface area contributed by atoms with E-state index in [0.717, 1.165) is 6.92 Å². The minimum absolute atomic E-state index is 0. The van der Waals surface area contributed by atoms with Crippen molar-refractivity contribution in [3.63, 3.8) is 0 Å². The Morgan fingerprint density at radius 2 is 1.67 bits per heavy atom. The Morgan fingerprint density at radius 3 is 1.67 bits per heavy atom. The number of carboxylic acid groups (broad SMARTS) is 1. The first-order valence-electron chi connectivity index (χ1n) is 0.928. The maximum atomic E-state index is 9.00. The van der Waals surface area contributed by atoms with E-state index >= 15 is 0 Å². The van der Waals surface area contributed by atoms with Crippen LogP contribution < -0.4 is 0 Å². The zero-order valence-corrected chi connectivity index (χ0v) is 5.31. The van der Waals surface area contributed by atoms with Crippen molar-refractivity contribution in [1.29, 1.82) is 0 Å². The number of hydrogen-bond acceptors (Lipinski definition) is 1. The zero-order valence-electron chi connectivity index (χ0n) is 2.86. The fourth-order valence-corrected chi connectivity index (χ4v) is 0. The molecule has 0 saturated heterocycles. The van der Waals surface area contributed by atoms with E-state index in [2.05, 4.69) is 0 Å². The summed E-state index contributed by atoms with van der Waals surface area (Å²) in [5, 5.41) is 7.42. The maximum absolute atomic E-state index is 9.00. The van der Waals surface area contributed by atoms with Crippen molar-refractivity contribution in [2.75, 3.05) is 0 Å². The number of aliphatic carboxylic acids is 1. The smallest absolute Gasteiger partial charge is 0.316 e. The van der Waals surface area contributed by atoms with Crippen molar-refractivity contribution in [3.8, 4) is 0 Å². The summed E-state index contributed by atoms with van der Waals surface area (Å²) in [5.74, 6) is -0.833. The molecule has 0 aliphatic heterocycles. The molecule has 1 N–H and O–H groups in total. The van der Waals surface area contributed by atoms with Gasteiger partial charge in [-0.2, -0.15) is 0 Å². The molecule has 4 heteroatoms. The zero-order chi connectivity index (χ0) is 3.58. The van der Waals surface area contributed by atoms with Gasteiger partial charge in [-0.25, -0.2) is 0 Å². The molecule has 0 spiro atoms. The van der Waals surface area contributed by atoms with Crippen LogP contribution in [-0.4, -0.2) is 34.1 Å². The van der Waals surface area contributed by atoms with Gasteiger partial charge in [0.2, 0.25) is 0 Å². The predicted octanol–water partition coefficient (Wildman–Crippen LogP) is -0.828. The third-order valence-electron chi connectivity index (χ3n) is 0. The van der Waals surface area contributed by atoms with Gasteiger partial charge in [0.25, 0.3) is 5.97 Å². The van der Waals surface area contributed by atoms with Crippen molar-refractivity contribution >= 4 is 29.0 Å². The molecular weight excluding hydrogens is 172 g/mol. The van der Waals surface area contributed by atoms with Gasteiger partial charge in [-0.3, -0.25) is 4.79 Å². The van der Waals surface area contributed by atoms with Crippen LogP contribution in [0.15, 0.2) is 0 Å². The number of hydrogen-bond donors (Lipinski definition) is 1. The fraction of sp³-hybridized carbons (Fsp3) is 0.500. The molecule has 0 amide bonds. The molecule has 6 heavy (non-hydrogen) atoms. The maximum Gasteiger partial charge on any atom is 0.316 e. The summed E-state index contributed by atoms with van der Waals surface area (Å²) in [4.78, 5) is 9.00. The predicted molar refractivity (Wildman–Crippen MR) is 21.9 cm³/mol. The van der Waals surface area contributed by atoms with Gasteiger partial charge in [0, 0.05) is 33.1 Å². The molecule has 2 nitrogen and oxygen atoms in total. The van der Waals surface area contributed by atoms with Crippen molar-refractivity contribution in [2.24, 2.45) is 0 Å². The first-order chi connectivity index (χ1) is 1.73. The van der Waals surface area contributed by atoms with Crippen LogP contribution in [0.25, 0.3) is 0 Å². The summed E-state index contributed by atoms with van der Waals surface area (Å²) >= 11 is 0. The number of rotatable bonds is 0. The van der Waals surface area contributed by atoms with E-state index < -0.39 is 5.97 Å². The summed E-state index contributed by atoms with van der Waals surface area (Å²) in [6.07, 6.45) is 0. The van der Waals surface area contributed by atoms with E-state index in [0.29, 0.717) is 0 Å². The molecule has 0 rings (SSSR count). The largest absolute Gasteiger partial charge is 0.481 e. The SMILES string of the molecule is CC(=O)O.[MgH2].[Zr]. The van der Waals surface area contributed by atoms with E-state index in [-0.39, 0.29) is 49.3 Å². The molecule has 0 aliphatic carbocycles. The molecule has 0 aromatic heterocycles. The van der Waals surface area contributed by atoms with Crippen LogP contribution in [0.3, 0.4) is 0 Å². The van der Waals surface area contributed by atoms with Gasteiger partial charge in [-0.1, -0.05) is 0 Å². The second-order valence-electron chi connectivity index (χ2n) is 0.519. The molecule has 0 radical (unpaired) electrons. The van der Waals surface area contributed by atoms with E-state index in [1.165, 1.54) is 0 Å². The van der Waals surface area contributed by atoms with E-state index in [9.17, 15) is 0 Å². The van der Waals surface area contributed by atoms with Gasteiger partial charge in [0.1, 0.15) is 0 Å². The molecule has 0 fully saturated rings. The standard InChI is InChI=1S/C2H4O2.Mg.Zr.2H/c1-2(3)4;;;;/h1H3,(H,3,4);;;;. The third kappa shape index (κ3) is 69.3. The third-order valence-corrected chi connectivity index (χ3v) is 0. The summed E-state index contributed by atoms with van der Waals surface area (Å²) in [6, 6.07) is 0. The van der Waals surface area contributed by atoms with Gasteiger partial charge >= 0.3 is 23.1 Å². The topological polar surface area (TPSA) is 37.3 Å². The molecule has 32 valence electrons. The average molecular weight is 178 g/mol. The number of carbonyl (C=O) groups is 1. The van der Waals surface area contributed by atoms with Gasteiger partial charge in [-0.15, -0.1) is 0 Å². The Morgan fingerprint density at radius 1 is 1.67 bits per heavy atom. The molecule has 0 aliphatic rings. The Balaban J connectivity index is -0.0000000450. The van der Waals surface area contributed by atoms with Crippen molar-refractivity contribution < 1.29 is 36.1 Å². The van der Waals surface area contributed by atoms with Crippen LogP contribution in [0.5, 0.6) is 0 Å². The quantitative estimate of drug-likeness (QED) is 0.491. The monoisotopic (exact) mass is 176 g/mol. The normalized spacial score (nSPS) is 4.17. The Hall–Kier alpha value is 1.12. The molecule has 0 heterocycles. The summed E-state index contributed by atoms with van der Waals surface area (Å²) in [5.41, 5.74) is 0. The molecule has 0 saturated carbocycles. The van der Waals surface area contributed by atoms with Crippen molar-refractivity contribution in [2.45, 2.75) is 6.92 Å². The van der Waals surface area contributed by atoms with Crippen LogP contribution in [0.1, 0.15) is 6.92 Å². The van der Waals surface area contributed by atoms with Gasteiger partial charge in [-0.05, 0) is 0 Å². The van der Waals surface area contributed by atoms with E-state index in [1.54, 1.807) is 0 Å². The average Bonchev–Trinajstić information content (AvgIpc) is 0.811. The number of carboxylic acids is 1. The van der Waals surface area contributed by atoms with Crippen LogP contribution in [0, 0.1) is 0 Å². The van der Waals surface area contributed by atoms with Crippen LogP contribution in [-0.2, 0) is 31.0 Å². The Labute approximate surface area is 71.6 Å². The second kappa shape index (κ2) is 9.45. The van der Waals surface area contributed by atoms with Crippen molar-refractivity contribution in [3.05, 3.63) is 0 Å². The van der Waals surface area contributed by atoms with Crippen LogP contribution in [0.2, 0.25) is 0 Å². The van der Waals surface area contributed by atoms with Gasteiger partial charge in [0.05, 0.1) is 0 Å². The van der Waals surface area contributed by atoms with Gasteiger partial charge < -0.3 is 5.11 Å². The Bertz CT molecular complexity index is 34.5.